The number of hydrogen-bond acceptors (Lipinski definition) is 5. The van der Waals surface area contributed by atoms with E-state index in [-0.39, 0.29) is 0 Å². The van der Waals surface area contributed by atoms with Gasteiger partial charge in [0.1, 0.15) is 0 Å². The van der Waals surface area contributed by atoms with E-state index >= 15 is 0 Å². The molecule has 112 heavy (non-hydrogen) atoms. The van der Waals surface area contributed by atoms with Gasteiger partial charge in [-0.25, -0.2) is 24.9 Å². The van der Waals surface area contributed by atoms with Crippen molar-refractivity contribution in [2.24, 2.45) is 0 Å². The van der Waals surface area contributed by atoms with Crippen LogP contribution in [0.1, 0.15) is 0 Å². The van der Waals surface area contributed by atoms with E-state index in [0.717, 1.165) is 72.9 Å². The molecule has 6 aromatic heterocycles. The molecule has 0 amide bonds. The van der Waals surface area contributed by atoms with Crippen LogP contribution >= 0.6 is 0 Å². The second-order valence-corrected chi connectivity index (χ2v) is 28.3. The number of hydrogen-bond donors (Lipinski definition) is 0. The van der Waals surface area contributed by atoms with E-state index in [4.69, 9.17) is 24.9 Å². The molecule has 22 aromatic rings. The lowest BCUT2D eigenvalue weighted by molar-refractivity contribution is 1.07. The minimum Gasteiger partial charge on any atom is -0.309 e. The van der Waals surface area contributed by atoms with Crippen molar-refractivity contribution in [3.63, 3.8) is 0 Å². The Balaban J connectivity index is 0.000000141. The highest BCUT2D eigenvalue weighted by atomic mass is 15.0. The van der Waals surface area contributed by atoms with E-state index in [1.165, 1.54) is 104 Å². The molecule has 0 N–H and O–H groups in total. The molecule has 0 atom stereocenters. The standard InChI is InChI=1S/C52H34N4.C51H33N5/c1-4-14-35(15-5-1)46-34-47(54-52(53-46)37-16-6-2-7-17-37)36-24-28-41(29-25-36)56-49-23-13-11-21-43(49)45-33-39(27-31-51(45)56)38-26-30-50-44(32-38)42-20-10-12-22-48(42)55(50)40-18-8-3-9-19-40;1-4-15-34(16-5-1)49-52-50(35-17-6-2-7-18-35)54-51(53-49)38-19-14-22-40(31-38)56-46-26-13-11-24-42(46)44-33-37(28-30-48(44)56)36-27-29-47-43(32-36)41-23-10-12-25-45(41)55(47)39-20-8-3-9-21-39/h1-34H;1-33H. The van der Waals surface area contributed by atoms with Crippen molar-refractivity contribution in [2.75, 3.05) is 0 Å². The second-order valence-electron chi connectivity index (χ2n) is 28.3. The van der Waals surface area contributed by atoms with E-state index in [9.17, 15) is 0 Å². The molecule has 0 fully saturated rings. The first kappa shape index (κ1) is 65.1. The van der Waals surface area contributed by atoms with Crippen LogP contribution in [0, 0.1) is 0 Å². The second kappa shape index (κ2) is 27.5. The number of rotatable bonds is 12. The van der Waals surface area contributed by atoms with Gasteiger partial charge < -0.3 is 18.3 Å². The molecule has 524 valence electrons. The molecule has 16 aromatic carbocycles. The Kier molecular flexibility index (Phi) is 16.0. The van der Waals surface area contributed by atoms with Gasteiger partial charge in [-0.05, 0) is 150 Å². The summed E-state index contributed by atoms with van der Waals surface area (Å²) in [6, 6.07) is 144. The fourth-order valence-corrected chi connectivity index (χ4v) is 16.4. The molecule has 0 unspecified atom stereocenters. The summed E-state index contributed by atoms with van der Waals surface area (Å²) in [6.45, 7) is 0. The fraction of sp³-hybridized carbons (Fsp3) is 0. The summed E-state index contributed by atoms with van der Waals surface area (Å²) in [4.78, 5) is 25.0. The van der Waals surface area contributed by atoms with Gasteiger partial charge in [0, 0.05) is 99.2 Å². The Morgan fingerprint density at radius 1 is 0.134 bits per heavy atom. The number of aromatic nitrogens is 9. The van der Waals surface area contributed by atoms with E-state index in [2.05, 4.69) is 328 Å². The minimum atomic E-state index is 0.631. The molecular formula is C103H67N9. The maximum absolute atomic E-state index is 5.06. The zero-order chi connectivity index (χ0) is 74.0. The van der Waals surface area contributed by atoms with Crippen molar-refractivity contribution >= 4 is 87.2 Å². The summed E-state index contributed by atoms with van der Waals surface area (Å²) in [6.07, 6.45) is 0. The van der Waals surface area contributed by atoms with Gasteiger partial charge in [0.2, 0.25) is 0 Å². The van der Waals surface area contributed by atoms with Crippen LogP contribution in [-0.2, 0) is 0 Å². The predicted molar refractivity (Wildman–Crippen MR) is 463 cm³/mol. The maximum atomic E-state index is 5.06. The monoisotopic (exact) mass is 1430 g/mol. The van der Waals surface area contributed by atoms with Crippen molar-refractivity contribution in [3.8, 4) is 113 Å². The predicted octanol–water partition coefficient (Wildman–Crippen LogP) is 26.1. The largest absolute Gasteiger partial charge is 0.309 e. The molecule has 0 radical (unpaired) electrons. The first-order chi connectivity index (χ1) is 55.5. The summed E-state index contributed by atoms with van der Waals surface area (Å²) < 4.78 is 9.46. The average Bonchev–Trinajstić information content (AvgIpc) is 1.59. The third kappa shape index (κ3) is 11.5. The summed E-state index contributed by atoms with van der Waals surface area (Å²) in [7, 11) is 0. The van der Waals surface area contributed by atoms with Crippen LogP contribution in [0.3, 0.4) is 0 Å². The van der Waals surface area contributed by atoms with Gasteiger partial charge in [-0.1, -0.05) is 279 Å². The van der Waals surface area contributed by atoms with Crippen LogP contribution in [0.25, 0.3) is 200 Å². The quantitative estimate of drug-likeness (QED) is 0.122. The van der Waals surface area contributed by atoms with Gasteiger partial charge in [0.25, 0.3) is 0 Å². The molecule has 9 heteroatoms. The highest BCUT2D eigenvalue weighted by molar-refractivity contribution is 6.15. The Labute approximate surface area is 645 Å². The van der Waals surface area contributed by atoms with Crippen molar-refractivity contribution in [3.05, 3.63) is 406 Å². The fourth-order valence-electron chi connectivity index (χ4n) is 16.4. The first-order valence-electron chi connectivity index (χ1n) is 37.9. The van der Waals surface area contributed by atoms with Gasteiger partial charge in [-0.2, -0.15) is 0 Å². The van der Waals surface area contributed by atoms with Crippen molar-refractivity contribution in [1.82, 2.24) is 43.2 Å². The van der Waals surface area contributed by atoms with Gasteiger partial charge in [-0.15, -0.1) is 0 Å². The molecule has 6 heterocycles. The van der Waals surface area contributed by atoms with Gasteiger partial charge in [0.15, 0.2) is 23.3 Å². The smallest absolute Gasteiger partial charge is 0.164 e. The molecule has 0 aliphatic heterocycles. The highest BCUT2D eigenvalue weighted by Gasteiger charge is 2.22. The topological polar surface area (TPSA) is 84.2 Å². The summed E-state index contributed by atoms with van der Waals surface area (Å²) in [5, 5.41) is 9.85. The van der Waals surface area contributed by atoms with Crippen molar-refractivity contribution < 1.29 is 0 Å². The molecular weight excluding hydrogens is 1360 g/mol. The molecule has 0 aliphatic rings. The summed E-state index contributed by atoms with van der Waals surface area (Å²) in [5.74, 6) is 2.64. The summed E-state index contributed by atoms with van der Waals surface area (Å²) in [5.41, 5.74) is 26.4. The van der Waals surface area contributed by atoms with Crippen LogP contribution < -0.4 is 0 Å². The molecule has 0 bridgehead atoms. The molecule has 0 saturated heterocycles. The van der Waals surface area contributed by atoms with Crippen LogP contribution in [0.5, 0.6) is 0 Å². The maximum Gasteiger partial charge on any atom is 0.164 e. The van der Waals surface area contributed by atoms with Gasteiger partial charge in [-0.3, -0.25) is 0 Å². The lowest BCUT2D eigenvalue weighted by atomic mass is 10.0. The van der Waals surface area contributed by atoms with Gasteiger partial charge in [0.05, 0.1) is 55.5 Å². The zero-order valence-corrected chi connectivity index (χ0v) is 60.7. The number of para-hydroxylation sites is 6. The molecule has 0 saturated carbocycles. The van der Waals surface area contributed by atoms with Crippen LogP contribution in [0.4, 0.5) is 0 Å². The van der Waals surface area contributed by atoms with Crippen LogP contribution in [0.2, 0.25) is 0 Å². The Morgan fingerprint density at radius 2 is 0.375 bits per heavy atom. The number of fused-ring (bicyclic) bond motifs is 12. The van der Waals surface area contributed by atoms with Crippen LogP contribution in [-0.4, -0.2) is 43.2 Å². The third-order valence-electron chi connectivity index (χ3n) is 21.7. The lowest BCUT2D eigenvalue weighted by Gasteiger charge is -2.12. The Bertz CT molecular complexity index is 7220. The lowest BCUT2D eigenvalue weighted by Crippen LogP contribution is -2.01. The third-order valence-corrected chi connectivity index (χ3v) is 21.7. The van der Waals surface area contributed by atoms with E-state index in [1.54, 1.807) is 0 Å². The Hall–Kier alpha value is -15.2. The van der Waals surface area contributed by atoms with Crippen molar-refractivity contribution in [1.29, 1.82) is 0 Å². The zero-order valence-electron chi connectivity index (χ0n) is 60.7. The Morgan fingerprint density at radius 3 is 0.732 bits per heavy atom. The molecule has 9 nitrogen and oxygen atoms in total. The number of nitrogens with zero attached hydrogens (tertiary/aromatic N) is 9. The minimum absolute atomic E-state index is 0.631. The first-order valence-corrected chi connectivity index (χ1v) is 37.9. The normalized spacial score (nSPS) is 11.6. The summed E-state index contributed by atoms with van der Waals surface area (Å²) >= 11 is 0. The van der Waals surface area contributed by atoms with Crippen LogP contribution in [0.15, 0.2) is 406 Å². The molecule has 22 rings (SSSR count). The number of benzene rings is 16. The molecule has 0 spiro atoms. The highest BCUT2D eigenvalue weighted by Crippen LogP contribution is 2.43. The SMILES string of the molecule is c1ccc(-c2cc(-c3ccc(-n4c5ccccc5c5cc(-c6ccc7c(c6)c6ccccc6n7-c6ccccc6)ccc54)cc3)nc(-c3ccccc3)n2)cc1.c1ccc(-c2nc(-c3ccccc3)nc(-c3cccc(-n4c5ccccc5c5cc(-c6ccc7c(c6)c6ccccc6n7-c6ccccc6)ccc54)c3)n2)cc1. The van der Waals surface area contributed by atoms with E-state index in [0.29, 0.717) is 23.3 Å². The van der Waals surface area contributed by atoms with Gasteiger partial charge >= 0.3 is 0 Å². The van der Waals surface area contributed by atoms with E-state index < -0.39 is 0 Å². The van der Waals surface area contributed by atoms with E-state index in [1.807, 2.05) is 97.1 Å². The van der Waals surface area contributed by atoms with Crippen molar-refractivity contribution in [2.45, 2.75) is 0 Å². The average molecular weight is 1430 g/mol. The molecule has 0 aliphatic carbocycles.